The van der Waals surface area contributed by atoms with Crippen molar-refractivity contribution in [2.75, 3.05) is 11.9 Å². The van der Waals surface area contributed by atoms with Crippen LogP contribution in [0, 0.1) is 10.1 Å². The van der Waals surface area contributed by atoms with Gasteiger partial charge in [0.25, 0.3) is 0 Å². The normalized spacial score (nSPS) is 11.6. The van der Waals surface area contributed by atoms with E-state index in [2.05, 4.69) is 31.2 Å². The molecule has 0 spiro atoms. The molecule has 0 unspecified atom stereocenters. The Morgan fingerprint density at radius 3 is 2.75 bits per heavy atom. The van der Waals surface area contributed by atoms with Gasteiger partial charge in [-0.3, -0.25) is 15.1 Å². The van der Waals surface area contributed by atoms with E-state index in [0.29, 0.717) is 15.5 Å². The second-order valence-electron chi connectivity index (χ2n) is 4.87. The average Bonchev–Trinajstić information content (AvgIpc) is 2.34. The van der Waals surface area contributed by atoms with Crippen LogP contribution in [0.25, 0.3) is 11.0 Å². The van der Waals surface area contributed by atoms with Crippen LogP contribution in [0.3, 0.4) is 0 Å². The number of pyridine rings is 2. The molecule has 0 saturated carbocycles. The molecule has 0 atom stereocenters. The van der Waals surface area contributed by atoms with Crippen LogP contribution in [0.2, 0.25) is 0 Å². The van der Waals surface area contributed by atoms with Crippen LogP contribution in [-0.4, -0.2) is 27.1 Å². The van der Waals surface area contributed by atoms with E-state index in [0.717, 1.165) is 6.20 Å². The second kappa shape index (κ2) is 5.28. The van der Waals surface area contributed by atoms with Gasteiger partial charge in [0.1, 0.15) is 23.1 Å². The Kier molecular flexibility index (Phi) is 3.85. The van der Waals surface area contributed by atoms with Gasteiger partial charge in [0, 0.05) is 17.2 Å². The highest BCUT2D eigenvalue weighted by Gasteiger charge is 2.22. The fourth-order valence-corrected chi connectivity index (χ4v) is 1.97. The van der Waals surface area contributed by atoms with E-state index in [4.69, 9.17) is 0 Å². The summed E-state index contributed by atoms with van der Waals surface area (Å²) in [4.78, 5) is 18.6. The summed E-state index contributed by atoms with van der Waals surface area (Å²) in [5.74, 6) is 0. The summed E-state index contributed by atoms with van der Waals surface area (Å²) >= 11 is 3.26. The van der Waals surface area contributed by atoms with Crippen molar-refractivity contribution >= 4 is 38.3 Å². The summed E-state index contributed by atoms with van der Waals surface area (Å²) in [6, 6.07) is 1.69. The maximum absolute atomic E-state index is 13.6. The van der Waals surface area contributed by atoms with Gasteiger partial charge in [-0.1, -0.05) is 0 Å². The third kappa shape index (κ3) is 3.19. The number of aromatic nitrogens is 2. The Morgan fingerprint density at radius 1 is 1.45 bits per heavy atom. The van der Waals surface area contributed by atoms with Gasteiger partial charge < -0.3 is 5.32 Å². The standard InChI is InChI=1S/C12H12BrFN4O2/c1-12(2,14)6-17-11-9(18(19)20)5-15-8-3-7(13)4-16-10(8)11/h3-5H,6H2,1-2H3,(H,15,17). The largest absolute Gasteiger partial charge is 0.374 e. The molecule has 20 heavy (non-hydrogen) atoms. The van der Waals surface area contributed by atoms with Gasteiger partial charge in [-0.15, -0.1) is 0 Å². The summed E-state index contributed by atoms with van der Waals surface area (Å²) in [6.45, 7) is 2.71. The molecule has 0 aliphatic rings. The quantitative estimate of drug-likeness (QED) is 0.679. The lowest BCUT2D eigenvalue weighted by molar-refractivity contribution is -0.384. The summed E-state index contributed by atoms with van der Waals surface area (Å²) in [6.07, 6.45) is 2.66. The number of nitrogens with one attached hydrogen (secondary N) is 1. The number of nitrogens with zero attached hydrogens (tertiary/aromatic N) is 3. The number of anilines is 1. The molecule has 8 heteroatoms. The highest BCUT2D eigenvalue weighted by molar-refractivity contribution is 9.10. The van der Waals surface area contributed by atoms with E-state index in [-0.39, 0.29) is 17.9 Å². The van der Waals surface area contributed by atoms with Gasteiger partial charge in [0.2, 0.25) is 0 Å². The van der Waals surface area contributed by atoms with Crippen molar-refractivity contribution in [2.24, 2.45) is 0 Å². The molecule has 0 bridgehead atoms. The van der Waals surface area contributed by atoms with E-state index in [1.807, 2.05) is 0 Å². The van der Waals surface area contributed by atoms with Crippen molar-refractivity contribution in [1.29, 1.82) is 0 Å². The number of fused-ring (bicyclic) bond motifs is 1. The zero-order valence-electron chi connectivity index (χ0n) is 10.9. The Morgan fingerprint density at radius 2 is 2.15 bits per heavy atom. The molecular formula is C12H12BrFN4O2. The van der Waals surface area contributed by atoms with Gasteiger partial charge >= 0.3 is 5.69 Å². The lowest BCUT2D eigenvalue weighted by Gasteiger charge is -2.16. The van der Waals surface area contributed by atoms with Crippen molar-refractivity contribution in [3.63, 3.8) is 0 Å². The molecule has 2 aromatic heterocycles. The van der Waals surface area contributed by atoms with E-state index in [1.165, 1.54) is 20.0 Å². The minimum atomic E-state index is -1.50. The van der Waals surface area contributed by atoms with E-state index < -0.39 is 10.6 Å². The molecule has 0 aromatic carbocycles. The van der Waals surface area contributed by atoms with Crippen molar-refractivity contribution in [3.8, 4) is 0 Å². The fourth-order valence-electron chi connectivity index (χ4n) is 1.65. The zero-order chi connectivity index (χ0) is 14.9. The second-order valence-corrected chi connectivity index (χ2v) is 5.78. The first-order valence-electron chi connectivity index (χ1n) is 5.79. The third-order valence-corrected chi connectivity index (χ3v) is 2.97. The van der Waals surface area contributed by atoms with Gasteiger partial charge in [-0.05, 0) is 35.8 Å². The van der Waals surface area contributed by atoms with Crippen molar-refractivity contribution in [3.05, 3.63) is 33.0 Å². The molecular weight excluding hydrogens is 331 g/mol. The van der Waals surface area contributed by atoms with Crippen LogP contribution >= 0.6 is 15.9 Å². The summed E-state index contributed by atoms with van der Waals surface area (Å²) in [7, 11) is 0. The molecule has 0 aliphatic carbocycles. The van der Waals surface area contributed by atoms with Crippen molar-refractivity contribution in [1.82, 2.24) is 9.97 Å². The smallest absolute Gasteiger partial charge is 0.312 e. The maximum Gasteiger partial charge on any atom is 0.312 e. The zero-order valence-corrected chi connectivity index (χ0v) is 12.4. The molecule has 2 aromatic rings. The Hall–Kier alpha value is -1.83. The van der Waals surface area contributed by atoms with E-state index >= 15 is 0 Å². The molecule has 0 saturated heterocycles. The monoisotopic (exact) mass is 342 g/mol. The number of alkyl halides is 1. The SMILES string of the molecule is CC(C)(F)CNc1c([N+](=O)[O-])cnc2cc(Br)cnc12. The molecule has 0 amide bonds. The summed E-state index contributed by atoms with van der Waals surface area (Å²) < 4.78 is 14.3. The van der Waals surface area contributed by atoms with Gasteiger partial charge in [-0.25, -0.2) is 9.37 Å². The van der Waals surface area contributed by atoms with Gasteiger partial charge in [-0.2, -0.15) is 0 Å². The van der Waals surface area contributed by atoms with E-state index in [9.17, 15) is 14.5 Å². The van der Waals surface area contributed by atoms with Crippen molar-refractivity contribution < 1.29 is 9.31 Å². The molecule has 0 radical (unpaired) electrons. The molecule has 0 aliphatic heterocycles. The molecule has 6 nitrogen and oxygen atoms in total. The van der Waals surface area contributed by atoms with Crippen molar-refractivity contribution in [2.45, 2.75) is 19.5 Å². The maximum atomic E-state index is 13.6. The van der Waals surface area contributed by atoms with Gasteiger partial charge in [0.15, 0.2) is 0 Å². The number of hydrogen-bond acceptors (Lipinski definition) is 5. The number of hydrogen-bond donors (Lipinski definition) is 1. The first-order valence-corrected chi connectivity index (χ1v) is 6.59. The summed E-state index contributed by atoms with van der Waals surface area (Å²) in [5.41, 5.74) is -0.718. The van der Waals surface area contributed by atoms with E-state index in [1.54, 1.807) is 6.07 Å². The Bertz CT molecular complexity index is 672. The highest BCUT2D eigenvalue weighted by Crippen LogP contribution is 2.31. The summed E-state index contributed by atoms with van der Waals surface area (Å²) in [5, 5.41) is 13.8. The Labute approximate surface area is 122 Å². The predicted octanol–water partition coefficient (Wildman–Crippen LogP) is 3.46. The lowest BCUT2D eigenvalue weighted by Crippen LogP contribution is -2.25. The van der Waals surface area contributed by atoms with Crippen LogP contribution in [-0.2, 0) is 0 Å². The first-order chi connectivity index (χ1) is 9.28. The number of rotatable bonds is 4. The molecule has 1 N–H and O–H groups in total. The average molecular weight is 343 g/mol. The predicted molar refractivity (Wildman–Crippen MR) is 77.6 cm³/mol. The Balaban J connectivity index is 2.56. The number of nitro groups is 1. The molecule has 106 valence electrons. The van der Waals surface area contributed by atoms with Crippen LogP contribution in [0.4, 0.5) is 15.8 Å². The molecule has 2 heterocycles. The molecule has 2 rings (SSSR count). The number of halogens is 2. The van der Waals surface area contributed by atoms with Crippen LogP contribution in [0.1, 0.15) is 13.8 Å². The lowest BCUT2D eigenvalue weighted by atomic mass is 10.1. The minimum Gasteiger partial charge on any atom is -0.374 e. The molecule has 0 fully saturated rings. The third-order valence-electron chi connectivity index (χ3n) is 2.54. The van der Waals surface area contributed by atoms with Crippen LogP contribution < -0.4 is 5.32 Å². The van der Waals surface area contributed by atoms with Gasteiger partial charge in [0.05, 0.1) is 10.4 Å². The minimum absolute atomic E-state index is 0.0648. The topological polar surface area (TPSA) is 81.0 Å². The van der Waals surface area contributed by atoms with Crippen LogP contribution in [0.5, 0.6) is 0 Å². The van der Waals surface area contributed by atoms with Crippen LogP contribution in [0.15, 0.2) is 22.9 Å². The fraction of sp³-hybridized carbons (Fsp3) is 0.333. The first kappa shape index (κ1) is 14.6. The highest BCUT2D eigenvalue weighted by atomic mass is 79.9.